The van der Waals surface area contributed by atoms with Gasteiger partial charge in [-0.3, -0.25) is 29.2 Å². The van der Waals surface area contributed by atoms with Crippen molar-refractivity contribution in [1.82, 2.24) is 35.3 Å². The molecule has 3 aromatic rings. The molecule has 0 unspecified atom stereocenters. The third-order valence-electron chi connectivity index (χ3n) is 5.58. The molecule has 204 valence electrons. The monoisotopic (exact) mass is 538 g/mol. The number of nitrogens with zero attached hydrogens (tertiary/aromatic N) is 5. The Morgan fingerprint density at radius 2 is 1.64 bits per heavy atom. The Bertz CT molecular complexity index is 1420. The van der Waals surface area contributed by atoms with Gasteiger partial charge < -0.3 is 25.6 Å². The molecule has 4 rings (SSSR count). The molecule has 39 heavy (non-hydrogen) atoms. The lowest BCUT2D eigenvalue weighted by atomic mass is 10.1. The summed E-state index contributed by atoms with van der Waals surface area (Å²) in [5.41, 5.74) is 10.3. The number of nitrogens with two attached hydrogens (primary N) is 1. The van der Waals surface area contributed by atoms with Crippen LogP contribution in [0.5, 0.6) is 12.0 Å². The smallest absolute Gasteiger partial charge is 0.320 e. The number of carbonyl (C=O) groups is 4. The standard InChI is InChI=1S/C24H26N8O7/c1-38-10-11-39-23-28-21(25)20-22(29-23)31(24(37)27-20)13-15-4-2-14(3-5-15)12-26-16(33)6-7-17(34)30-32-18(35)8-9-19(32)36/h2-5,8-9H,6-7,10-13H2,1H3,(H,26,33)(H,27,37)(H,30,34)(H2,25,28,29). The second-order valence-corrected chi connectivity index (χ2v) is 8.38. The van der Waals surface area contributed by atoms with E-state index in [0.717, 1.165) is 23.3 Å². The number of imide groups is 1. The first-order valence-corrected chi connectivity index (χ1v) is 11.8. The number of nitrogens with one attached hydrogen (secondary N) is 2. The van der Waals surface area contributed by atoms with Gasteiger partial charge in [-0.25, -0.2) is 0 Å². The fourth-order valence-electron chi connectivity index (χ4n) is 3.57. The molecule has 15 nitrogen and oxygen atoms in total. The second-order valence-electron chi connectivity index (χ2n) is 8.38. The van der Waals surface area contributed by atoms with Gasteiger partial charge in [-0.05, 0) is 11.1 Å². The van der Waals surface area contributed by atoms with Crippen LogP contribution in [0.15, 0.2) is 36.4 Å². The first-order valence-electron chi connectivity index (χ1n) is 11.8. The van der Waals surface area contributed by atoms with Crippen molar-refractivity contribution < 1.29 is 33.8 Å². The van der Waals surface area contributed by atoms with E-state index in [9.17, 15) is 24.3 Å². The molecular weight excluding hydrogens is 512 g/mol. The Morgan fingerprint density at radius 3 is 2.33 bits per heavy atom. The van der Waals surface area contributed by atoms with Crippen molar-refractivity contribution >= 4 is 40.6 Å². The quantitative estimate of drug-likeness (QED) is 0.171. The molecule has 0 bridgehead atoms. The molecule has 1 aliphatic rings. The van der Waals surface area contributed by atoms with Crippen LogP contribution in [0.4, 0.5) is 5.82 Å². The Balaban J connectivity index is 1.30. The minimum absolute atomic E-state index is 0.0387. The predicted molar refractivity (Wildman–Crippen MR) is 135 cm³/mol. The van der Waals surface area contributed by atoms with E-state index in [1.807, 2.05) is 12.1 Å². The molecule has 1 aromatic carbocycles. The molecule has 3 heterocycles. The number of aromatic nitrogens is 4. The molecule has 15 heteroatoms. The maximum Gasteiger partial charge on any atom is 0.320 e. The highest BCUT2D eigenvalue weighted by molar-refractivity contribution is 6.13. The number of methoxy groups -OCH3 is 1. The van der Waals surface area contributed by atoms with Crippen LogP contribution in [0.3, 0.4) is 0 Å². The van der Waals surface area contributed by atoms with Crippen LogP contribution in [0, 0.1) is 0 Å². The molecule has 0 saturated carbocycles. The number of carbonyl (C=O) groups excluding carboxylic acids is 4. The zero-order chi connectivity index (χ0) is 27.9. The first kappa shape index (κ1) is 27.0. The van der Waals surface area contributed by atoms with E-state index in [0.29, 0.717) is 17.3 Å². The lowest BCUT2D eigenvalue weighted by Crippen LogP contribution is -2.46. The van der Waals surface area contributed by atoms with Crippen molar-refractivity contribution in [1.29, 1.82) is 0 Å². The number of imidazole rings is 1. The first-order chi connectivity index (χ1) is 18.7. The van der Waals surface area contributed by atoms with Gasteiger partial charge in [0, 0.05) is 38.6 Å². The third kappa shape index (κ3) is 6.64. The molecule has 0 radical (unpaired) electrons. The fraction of sp³-hybridized carbons (Fsp3) is 0.292. The van der Waals surface area contributed by atoms with Gasteiger partial charge in [-0.2, -0.15) is 20.0 Å². The number of fused-ring (bicyclic) bond motifs is 1. The van der Waals surface area contributed by atoms with Crippen molar-refractivity contribution in [2.75, 3.05) is 26.1 Å². The fourth-order valence-corrected chi connectivity index (χ4v) is 3.57. The van der Waals surface area contributed by atoms with E-state index in [1.165, 1.54) is 4.57 Å². The van der Waals surface area contributed by atoms with Crippen LogP contribution >= 0.6 is 0 Å². The number of hydrazine groups is 1. The van der Waals surface area contributed by atoms with Crippen LogP contribution < -0.4 is 21.2 Å². The van der Waals surface area contributed by atoms with Crippen molar-refractivity contribution in [2.45, 2.75) is 25.9 Å². The normalized spacial score (nSPS) is 12.8. The second kappa shape index (κ2) is 12.0. The topological polar surface area (TPSA) is 204 Å². The van der Waals surface area contributed by atoms with Crippen molar-refractivity contribution in [3.63, 3.8) is 0 Å². The number of benzene rings is 1. The molecule has 5 N–H and O–H groups in total. The highest BCUT2D eigenvalue weighted by Gasteiger charge is 2.25. The minimum Gasteiger partial charge on any atom is -0.480 e. The minimum atomic E-state index is -0.646. The van der Waals surface area contributed by atoms with Gasteiger partial charge in [0.1, 0.15) is 6.61 Å². The molecule has 0 spiro atoms. The highest BCUT2D eigenvalue weighted by Crippen LogP contribution is 2.25. The number of hydrogen-bond donors (Lipinski definition) is 4. The summed E-state index contributed by atoms with van der Waals surface area (Å²) in [4.78, 5) is 59.4. The average Bonchev–Trinajstić information content (AvgIpc) is 3.40. The van der Waals surface area contributed by atoms with Gasteiger partial charge >= 0.3 is 6.01 Å². The Labute approximate surface area is 221 Å². The van der Waals surface area contributed by atoms with E-state index < -0.39 is 17.7 Å². The summed E-state index contributed by atoms with van der Waals surface area (Å²) in [6, 6.07) is 7.00. The van der Waals surface area contributed by atoms with E-state index >= 15 is 0 Å². The molecule has 0 fully saturated rings. The van der Waals surface area contributed by atoms with E-state index in [-0.39, 0.29) is 61.8 Å². The van der Waals surface area contributed by atoms with Crippen LogP contribution in [0.25, 0.3) is 11.2 Å². The Hall–Kier alpha value is -5.05. The molecule has 4 amide bonds. The van der Waals surface area contributed by atoms with Gasteiger partial charge in [-0.15, -0.1) is 0 Å². The van der Waals surface area contributed by atoms with Gasteiger partial charge in [0.25, 0.3) is 17.8 Å². The highest BCUT2D eigenvalue weighted by atomic mass is 16.5. The number of rotatable bonds is 12. The molecule has 0 aliphatic carbocycles. The summed E-state index contributed by atoms with van der Waals surface area (Å²) in [5, 5.41) is 13.7. The zero-order valence-electron chi connectivity index (χ0n) is 20.9. The maximum absolute atomic E-state index is 12.1. The van der Waals surface area contributed by atoms with Crippen molar-refractivity contribution in [3.8, 4) is 12.0 Å². The number of hydrogen-bond acceptors (Lipinski definition) is 11. The molecular formula is C24H26N8O7. The van der Waals surface area contributed by atoms with Crippen LogP contribution in [0.2, 0.25) is 0 Å². The summed E-state index contributed by atoms with van der Waals surface area (Å²) in [5.74, 6) is -2.23. The predicted octanol–water partition coefficient (Wildman–Crippen LogP) is -0.460. The van der Waals surface area contributed by atoms with Crippen molar-refractivity contribution in [2.24, 2.45) is 0 Å². The van der Waals surface area contributed by atoms with E-state index in [1.54, 1.807) is 19.2 Å². The summed E-state index contributed by atoms with van der Waals surface area (Å²) < 4.78 is 11.9. The van der Waals surface area contributed by atoms with Crippen molar-refractivity contribution in [3.05, 3.63) is 47.5 Å². The largest absolute Gasteiger partial charge is 0.480 e. The zero-order valence-corrected chi connectivity index (χ0v) is 20.9. The van der Waals surface area contributed by atoms with Gasteiger partial charge in [0.05, 0.1) is 13.2 Å². The molecule has 1 aliphatic heterocycles. The number of ether oxygens (including phenoxy) is 2. The lowest BCUT2D eigenvalue weighted by Gasteiger charge is -2.14. The molecule has 2 aromatic heterocycles. The van der Waals surface area contributed by atoms with Crippen LogP contribution in [-0.2, 0) is 37.0 Å². The lowest BCUT2D eigenvalue weighted by molar-refractivity contribution is -0.146. The van der Waals surface area contributed by atoms with Crippen LogP contribution in [0.1, 0.15) is 24.0 Å². The molecule has 0 saturated heterocycles. The summed E-state index contributed by atoms with van der Waals surface area (Å²) in [7, 11) is 1.54. The summed E-state index contributed by atoms with van der Waals surface area (Å²) >= 11 is 0. The SMILES string of the molecule is COCCOc1nc(N)c2nc(O)n(Cc3ccc(CNC(=O)CCC(=O)NN4C(=O)C=CC4=O)cc3)c2n1. The van der Waals surface area contributed by atoms with Gasteiger partial charge in [0.2, 0.25) is 11.8 Å². The number of aromatic hydroxyl groups is 1. The average molecular weight is 539 g/mol. The van der Waals surface area contributed by atoms with Gasteiger partial charge in [0.15, 0.2) is 17.0 Å². The summed E-state index contributed by atoms with van der Waals surface area (Å²) in [6.45, 7) is 1.02. The molecule has 0 atom stereocenters. The Kier molecular flexibility index (Phi) is 8.30. The van der Waals surface area contributed by atoms with Crippen LogP contribution in [-0.4, -0.2) is 73.6 Å². The summed E-state index contributed by atoms with van der Waals surface area (Å²) in [6.07, 6.45) is 1.77. The van der Waals surface area contributed by atoms with E-state index in [2.05, 4.69) is 25.7 Å². The van der Waals surface area contributed by atoms with Gasteiger partial charge in [-0.1, -0.05) is 24.3 Å². The Morgan fingerprint density at radius 1 is 0.974 bits per heavy atom. The third-order valence-corrected chi connectivity index (χ3v) is 5.58. The number of anilines is 1. The number of amides is 4. The van der Waals surface area contributed by atoms with E-state index in [4.69, 9.17) is 15.2 Å². The number of nitrogen functional groups attached to an aromatic ring is 1. The maximum atomic E-state index is 12.1.